The molecule has 194 valence electrons. The van der Waals surface area contributed by atoms with Gasteiger partial charge < -0.3 is 12.0 Å². The number of alkyl halides is 6. The summed E-state index contributed by atoms with van der Waals surface area (Å²) >= 11 is 0. The van der Waals surface area contributed by atoms with Gasteiger partial charge in [-0.3, -0.25) is 0 Å². The molecule has 0 saturated heterocycles. The number of hydrogen-bond acceptors (Lipinski definition) is 6. The predicted molar refractivity (Wildman–Crippen MR) is 107 cm³/mol. The molecule has 0 unspecified atom stereocenters. The summed E-state index contributed by atoms with van der Waals surface area (Å²) in [6, 6.07) is 0. The third-order valence-corrected chi connectivity index (χ3v) is 4.14. The maximum Gasteiger partial charge on any atom is 4.00 e. The van der Waals surface area contributed by atoms with E-state index in [1.54, 1.807) is 0 Å². The van der Waals surface area contributed by atoms with Crippen LogP contribution in [-0.2, 0) is 39.7 Å². The fourth-order valence-corrected chi connectivity index (χ4v) is 1.53. The van der Waals surface area contributed by atoms with E-state index >= 15 is 0 Å². The summed E-state index contributed by atoms with van der Waals surface area (Å²) in [6.45, 7) is 0. The molecule has 0 aromatic rings. The van der Waals surface area contributed by atoms with Crippen LogP contribution in [0.3, 0.4) is 0 Å². The molecule has 2 rings (SSSR count). The molecule has 0 fully saturated rings. The smallest absolute Gasteiger partial charge is 1.00 e. The van der Waals surface area contributed by atoms with Crippen molar-refractivity contribution in [3.05, 3.63) is 60.8 Å². The van der Waals surface area contributed by atoms with Crippen LogP contribution in [0.15, 0.2) is 60.8 Å². The van der Waals surface area contributed by atoms with E-state index in [1.807, 2.05) is 0 Å². The van der Waals surface area contributed by atoms with Crippen LogP contribution < -0.4 is 0 Å². The third-order valence-electron chi connectivity index (χ3n) is 3.01. The van der Waals surface area contributed by atoms with Gasteiger partial charge in [-0.05, 0) is 38.5 Å². The molecule has 0 spiro atoms. The largest absolute Gasteiger partial charge is 4.00 e. The van der Waals surface area contributed by atoms with Crippen molar-refractivity contribution in [2.75, 3.05) is 0 Å². The summed E-state index contributed by atoms with van der Waals surface area (Å²) in [5, 5.41) is 0. The molecule has 0 aliphatic heterocycles. The molecule has 0 heterocycles. The van der Waals surface area contributed by atoms with Gasteiger partial charge in [-0.25, -0.2) is 16.8 Å². The van der Waals surface area contributed by atoms with Crippen molar-refractivity contribution in [3.8, 4) is 0 Å². The molecule has 2 aliphatic rings. The van der Waals surface area contributed by atoms with Crippen LogP contribution in [0.5, 0.6) is 0 Å². The minimum Gasteiger partial charge on any atom is -1.00 e. The summed E-state index contributed by atoms with van der Waals surface area (Å²) < 4.78 is 118. The molecule has 0 aromatic heterocycles. The Balaban J connectivity index is -0.000000111. The second kappa shape index (κ2) is 18.1. The van der Waals surface area contributed by atoms with Gasteiger partial charge >= 0.3 is 30.5 Å². The topological polar surface area (TPSA) is 114 Å². The van der Waals surface area contributed by atoms with Gasteiger partial charge in [0.25, 0.3) is 0 Å². The van der Waals surface area contributed by atoms with Crippen molar-refractivity contribution in [1.29, 1.82) is 0 Å². The van der Waals surface area contributed by atoms with Crippen LogP contribution in [0, 0.1) is 0 Å². The molecule has 15 heteroatoms. The normalized spacial score (nSPS) is 17.9. The Morgan fingerprint density at radius 1 is 0.515 bits per heavy atom. The molecule has 0 atom stereocenters. The summed E-state index contributed by atoms with van der Waals surface area (Å²) in [5.41, 5.74) is -11.3. The van der Waals surface area contributed by atoms with Gasteiger partial charge in [-0.15, -0.1) is 0 Å². The van der Waals surface area contributed by atoms with Gasteiger partial charge in [0.05, 0.1) is 0 Å². The summed E-state index contributed by atoms with van der Waals surface area (Å²) in [6.07, 6.45) is 29.0. The van der Waals surface area contributed by atoms with Crippen molar-refractivity contribution >= 4 is 20.2 Å². The number of hydrogen-bond donors (Lipinski definition) is 0. The Labute approximate surface area is 205 Å². The van der Waals surface area contributed by atoms with E-state index in [9.17, 15) is 26.3 Å². The van der Waals surface area contributed by atoms with Gasteiger partial charge in [0.15, 0.2) is 20.2 Å². The van der Waals surface area contributed by atoms with E-state index in [4.69, 9.17) is 25.9 Å². The monoisotopic (exact) mass is 616 g/mol. The zero-order valence-corrected chi connectivity index (χ0v) is 20.3. The number of halogens is 6. The fourth-order valence-electron chi connectivity index (χ4n) is 1.53. The van der Waals surface area contributed by atoms with Gasteiger partial charge in [0, 0.05) is 0 Å². The summed E-state index contributed by atoms with van der Waals surface area (Å²) in [5.74, 6) is 0. The molecule has 0 saturated carbocycles. The maximum atomic E-state index is 10.7. The van der Waals surface area contributed by atoms with Gasteiger partial charge in [0.2, 0.25) is 0 Å². The summed E-state index contributed by atoms with van der Waals surface area (Å²) in [7, 11) is -12.2. The van der Waals surface area contributed by atoms with Crippen LogP contribution in [0.2, 0.25) is 0 Å². The summed E-state index contributed by atoms with van der Waals surface area (Å²) in [4.78, 5) is 0. The van der Waals surface area contributed by atoms with Crippen molar-refractivity contribution in [2.24, 2.45) is 0 Å². The van der Waals surface area contributed by atoms with E-state index in [-0.39, 0.29) is 22.3 Å². The zero-order valence-electron chi connectivity index (χ0n) is 18.9. The van der Waals surface area contributed by atoms with Gasteiger partial charge in [-0.2, -0.15) is 26.3 Å². The van der Waals surface area contributed by atoms with Crippen LogP contribution in [0.25, 0.3) is 0 Å². The third kappa shape index (κ3) is 23.7. The Morgan fingerprint density at radius 3 is 0.879 bits per heavy atom. The molecule has 33 heavy (non-hydrogen) atoms. The predicted octanol–water partition coefficient (Wildman–Crippen LogP) is 5.45. The molecule has 0 radical (unpaired) electrons. The molecule has 2 aliphatic carbocycles. The SMILES string of the molecule is C1=C/C=C\CCC=C1.C1=CCC/C=C\CC1.O=S(=O)([O-])C(F)(F)F.O=S(=O)([O-])C(F)(F)F.[H-].[H-].[Ru+4]. The van der Waals surface area contributed by atoms with E-state index in [0.29, 0.717) is 0 Å². The fraction of sp³-hybridized carbons (Fsp3) is 0.444. The van der Waals surface area contributed by atoms with Crippen molar-refractivity contribution in [1.82, 2.24) is 0 Å². The molecule has 0 bridgehead atoms. The standard InChI is InChI=1S/C8H12.C8H10.2CHF3O3S.Ru.2H/c2*1-2-4-6-8-7-5-3-1;2*2-1(3,4)8(5,6)7;;;/h1-2,7-8H,3-6H2;1-6H,7-8H2;2*(H,5,6,7);;;/q;;;;+4;2*-1/p-2/b2-1-,8-7?;2-1?,5-3-,6-4?;;;;;. The van der Waals surface area contributed by atoms with Gasteiger partial charge in [0.1, 0.15) is 0 Å². The minimum atomic E-state index is -6.09. The second-order valence-corrected chi connectivity index (χ2v) is 8.46. The second-order valence-electron chi connectivity index (χ2n) is 5.72. The van der Waals surface area contributed by atoms with Crippen molar-refractivity contribution < 1.29 is 74.6 Å². The zero-order chi connectivity index (χ0) is 25.3. The number of allylic oxidation sites excluding steroid dienone is 10. The molecule has 0 aromatic carbocycles. The van der Waals surface area contributed by atoms with Crippen LogP contribution in [0.1, 0.15) is 41.4 Å². The molecule has 0 amide bonds. The first-order chi connectivity index (χ1) is 14.5. The molecular formula is C18H24F6O6RuS2. The van der Waals surface area contributed by atoms with Crippen molar-refractivity contribution in [3.63, 3.8) is 0 Å². The first kappa shape index (κ1) is 36.3. The van der Waals surface area contributed by atoms with E-state index < -0.39 is 31.3 Å². The minimum absolute atomic E-state index is 0. The van der Waals surface area contributed by atoms with Crippen LogP contribution >= 0.6 is 0 Å². The first-order valence-electron chi connectivity index (χ1n) is 8.82. The van der Waals surface area contributed by atoms with Crippen molar-refractivity contribution in [2.45, 2.75) is 49.5 Å². The quantitative estimate of drug-likeness (QED) is 0.118. The van der Waals surface area contributed by atoms with Crippen LogP contribution in [0.4, 0.5) is 26.3 Å². The average molecular weight is 616 g/mol. The Hall–Kier alpha value is -1.28. The number of rotatable bonds is 0. The van der Waals surface area contributed by atoms with E-state index in [0.717, 1.165) is 0 Å². The van der Waals surface area contributed by atoms with E-state index in [2.05, 4.69) is 60.8 Å². The van der Waals surface area contributed by atoms with Gasteiger partial charge in [-0.1, -0.05) is 60.8 Å². The maximum absolute atomic E-state index is 10.7. The van der Waals surface area contributed by atoms with Crippen LogP contribution in [-0.4, -0.2) is 37.0 Å². The molecule has 0 N–H and O–H groups in total. The molecular weight excluding hydrogens is 591 g/mol. The molecule has 6 nitrogen and oxygen atoms in total. The Morgan fingerprint density at radius 2 is 0.697 bits per heavy atom. The Bertz CT molecular complexity index is 798. The average Bonchev–Trinajstić information content (AvgIpc) is 2.51. The first-order valence-corrected chi connectivity index (χ1v) is 11.6. The van der Waals surface area contributed by atoms with E-state index in [1.165, 1.54) is 38.5 Å². The Kier molecular flexibility index (Phi) is 19.9.